The number of rotatable bonds is 7. The van der Waals surface area contributed by atoms with Gasteiger partial charge in [-0.3, -0.25) is 9.69 Å². The van der Waals surface area contributed by atoms with Crippen LogP contribution in [0.2, 0.25) is 0 Å². The van der Waals surface area contributed by atoms with Gasteiger partial charge in [-0.2, -0.15) is 0 Å². The lowest BCUT2D eigenvalue weighted by Crippen LogP contribution is -2.43. The van der Waals surface area contributed by atoms with E-state index in [9.17, 15) is 4.79 Å². The molecule has 0 radical (unpaired) electrons. The standard InChI is InChI=1S/C23H28N2O3/c1-18-4-3-5-19(16-18)6-11-23(26)24-17-22(25-12-14-28-15-13-25)20-7-9-21(27-2)10-8-20/h3-11,16,22H,12-15,17H2,1-2H3,(H,24,26)/b11-6+. The number of aryl methyl sites for hydroxylation is 1. The minimum atomic E-state index is -0.0896. The van der Waals surface area contributed by atoms with E-state index in [4.69, 9.17) is 9.47 Å². The summed E-state index contributed by atoms with van der Waals surface area (Å²) in [5, 5.41) is 3.05. The number of benzene rings is 2. The Hall–Kier alpha value is -2.63. The summed E-state index contributed by atoms with van der Waals surface area (Å²) < 4.78 is 10.7. The molecule has 1 aliphatic heterocycles. The average Bonchev–Trinajstić information content (AvgIpc) is 2.74. The van der Waals surface area contributed by atoms with Crippen molar-refractivity contribution in [1.29, 1.82) is 0 Å². The summed E-state index contributed by atoms with van der Waals surface area (Å²) in [4.78, 5) is 14.7. The molecule has 3 rings (SSSR count). The number of amides is 1. The van der Waals surface area contributed by atoms with Crippen molar-refractivity contribution in [3.8, 4) is 5.75 Å². The number of morpholine rings is 1. The van der Waals surface area contributed by atoms with Crippen LogP contribution < -0.4 is 10.1 Å². The number of ether oxygens (including phenoxy) is 2. The van der Waals surface area contributed by atoms with Crippen LogP contribution in [0.5, 0.6) is 5.75 Å². The summed E-state index contributed by atoms with van der Waals surface area (Å²) in [6.07, 6.45) is 3.44. The fraction of sp³-hybridized carbons (Fsp3) is 0.348. The van der Waals surface area contributed by atoms with E-state index in [0.717, 1.165) is 30.0 Å². The van der Waals surface area contributed by atoms with Crippen LogP contribution in [-0.4, -0.2) is 50.8 Å². The zero-order chi connectivity index (χ0) is 19.8. The normalized spacial score (nSPS) is 16.1. The van der Waals surface area contributed by atoms with Crippen molar-refractivity contribution in [3.05, 3.63) is 71.3 Å². The predicted molar refractivity (Wildman–Crippen MR) is 111 cm³/mol. The number of hydrogen-bond donors (Lipinski definition) is 1. The Balaban J connectivity index is 1.65. The summed E-state index contributed by atoms with van der Waals surface area (Å²) in [6, 6.07) is 16.2. The Morgan fingerprint density at radius 1 is 1.21 bits per heavy atom. The second-order valence-electron chi connectivity index (χ2n) is 6.93. The molecule has 1 amide bonds. The first-order chi connectivity index (χ1) is 13.7. The van der Waals surface area contributed by atoms with E-state index in [1.165, 1.54) is 5.56 Å². The van der Waals surface area contributed by atoms with Gasteiger partial charge in [0.05, 0.1) is 26.4 Å². The van der Waals surface area contributed by atoms with Crippen LogP contribution in [0.3, 0.4) is 0 Å². The molecule has 1 N–H and O–H groups in total. The molecule has 1 heterocycles. The highest BCUT2D eigenvalue weighted by Crippen LogP contribution is 2.23. The van der Waals surface area contributed by atoms with Gasteiger partial charge in [-0.1, -0.05) is 42.0 Å². The Bertz CT molecular complexity index is 796. The molecule has 5 heteroatoms. The average molecular weight is 380 g/mol. The Labute approximate surface area is 167 Å². The molecule has 0 spiro atoms. The van der Waals surface area contributed by atoms with Crippen molar-refractivity contribution in [3.63, 3.8) is 0 Å². The molecule has 0 bridgehead atoms. The minimum absolute atomic E-state index is 0.0896. The zero-order valence-electron chi connectivity index (χ0n) is 16.6. The quantitative estimate of drug-likeness (QED) is 0.750. The Kier molecular flexibility index (Phi) is 7.23. The van der Waals surface area contributed by atoms with Gasteiger partial charge in [0.2, 0.25) is 5.91 Å². The fourth-order valence-electron chi connectivity index (χ4n) is 3.37. The van der Waals surface area contributed by atoms with Gasteiger partial charge in [0, 0.05) is 25.7 Å². The largest absolute Gasteiger partial charge is 0.497 e. The second kappa shape index (κ2) is 10.1. The van der Waals surface area contributed by atoms with Crippen LogP contribution >= 0.6 is 0 Å². The highest BCUT2D eigenvalue weighted by atomic mass is 16.5. The van der Waals surface area contributed by atoms with E-state index < -0.39 is 0 Å². The zero-order valence-corrected chi connectivity index (χ0v) is 16.6. The van der Waals surface area contributed by atoms with E-state index in [-0.39, 0.29) is 11.9 Å². The van der Waals surface area contributed by atoms with Crippen LogP contribution in [-0.2, 0) is 9.53 Å². The molecule has 1 atom stereocenters. The van der Waals surface area contributed by atoms with Gasteiger partial charge in [0.1, 0.15) is 5.75 Å². The molecule has 28 heavy (non-hydrogen) atoms. The highest BCUT2D eigenvalue weighted by molar-refractivity contribution is 5.91. The van der Waals surface area contributed by atoms with Crippen molar-refractivity contribution in [2.24, 2.45) is 0 Å². The van der Waals surface area contributed by atoms with Gasteiger partial charge >= 0.3 is 0 Å². The molecular formula is C23H28N2O3. The molecule has 0 saturated carbocycles. The van der Waals surface area contributed by atoms with Crippen molar-refractivity contribution in [1.82, 2.24) is 10.2 Å². The molecule has 0 aliphatic carbocycles. The molecule has 5 nitrogen and oxygen atoms in total. The number of nitrogens with zero attached hydrogens (tertiary/aromatic N) is 1. The third-order valence-corrected chi connectivity index (χ3v) is 4.93. The monoisotopic (exact) mass is 380 g/mol. The predicted octanol–water partition coefficient (Wildman–Crippen LogP) is 3.21. The van der Waals surface area contributed by atoms with Gasteiger partial charge in [-0.25, -0.2) is 0 Å². The Morgan fingerprint density at radius 2 is 1.96 bits per heavy atom. The Morgan fingerprint density at radius 3 is 2.64 bits per heavy atom. The molecular weight excluding hydrogens is 352 g/mol. The number of carbonyl (C=O) groups excluding carboxylic acids is 1. The summed E-state index contributed by atoms with van der Waals surface area (Å²) in [7, 11) is 1.66. The maximum absolute atomic E-state index is 12.4. The lowest BCUT2D eigenvalue weighted by atomic mass is 10.0. The van der Waals surface area contributed by atoms with E-state index in [1.807, 2.05) is 43.3 Å². The van der Waals surface area contributed by atoms with Crippen molar-refractivity contribution in [2.75, 3.05) is 40.0 Å². The van der Waals surface area contributed by atoms with E-state index in [1.54, 1.807) is 13.2 Å². The van der Waals surface area contributed by atoms with E-state index >= 15 is 0 Å². The molecule has 1 aliphatic rings. The number of carbonyl (C=O) groups is 1. The first-order valence-electron chi connectivity index (χ1n) is 9.64. The molecule has 0 aromatic heterocycles. The second-order valence-corrected chi connectivity index (χ2v) is 6.93. The lowest BCUT2D eigenvalue weighted by molar-refractivity contribution is -0.116. The number of nitrogens with one attached hydrogen (secondary N) is 1. The number of hydrogen-bond acceptors (Lipinski definition) is 4. The van der Waals surface area contributed by atoms with Crippen LogP contribution in [0.1, 0.15) is 22.7 Å². The van der Waals surface area contributed by atoms with Gasteiger partial charge in [0.15, 0.2) is 0 Å². The smallest absolute Gasteiger partial charge is 0.244 e. The van der Waals surface area contributed by atoms with E-state index in [0.29, 0.717) is 19.8 Å². The first-order valence-corrected chi connectivity index (χ1v) is 9.64. The SMILES string of the molecule is COc1ccc(C(CNC(=O)/C=C/c2cccc(C)c2)N2CCOCC2)cc1. The third-order valence-electron chi connectivity index (χ3n) is 4.93. The van der Waals surface area contributed by atoms with Crippen LogP contribution in [0.15, 0.2) is 54.6 Å². The maximum Gasteiger partial charge on any atom is 0.244 e. The third kappa shape index (κ3) is 5.68. The van der Waals surface area contributed by atoms with Crippen LogP contribution in [0.25, 0.3) is 6.08 Å². The maximum atomic E-state index is 12.4. The lowest BCUT2D eigenvalue weighted by Gasteiger charge is -2.34. The summed E-state index contributed by atoms with van der Waals surface area (Å²) in [5.74, 6) is 0.739. The van der Waals surface area contributed by atoms with Gasteiger partial charge < -0.3 is 14.8 Å². The molecule has 1 saturated heterocycles. The molecule has 1 unspecified atom stereocenters. The molecule has 2 aromatic carbocycles. The van der Waals surface area contributed by atoms with E-state index in [2.05, 4.69) is 28.4 Å². The first kappa shape index (κ1) is 20.1. The van der Waals surface area contributed by atoms with Crippen LogP contribution in [0.4, 0.5) is 0 Å². The molecule has 148 valence electrons. The molecule has 2 aromatic rings. The minimum Gasteiger partial charge on any atom is -0.497 e. The van der Waals surface area contributed by atoms with Gasteiger partial charge in [-0.05, 0) is 36.3 Å². The highest BCUT2D eigenvalue weighted by Gasteiger charge is 2.23. The van der Waals surface area contributed by atoms with Crippen molar-refractivity contribution in [2.45, 2.75) is 13.0 Å². The van der Waals surface area contributed by atoms with Crippen molar-refractivity contribution >= 4 is 12.0 Å². The van der Waals surface area contributed by atoms with Gasteiger partial charge in [-0.15, -0.1) is 0 Å². The fourth-order valence-corrected chi connectivity index (χ4v) is 3.37. The topological polar surface area (TPSA) is 50.8 Å². The summed E-state index contributed by atoms with van der Waals surface area (Å²) in [6.45, 7) is 5.72. The summed E-state index contributed by atoms with van der Waals surface area (Å²) in [5.41, 5.74) is 3.36. The van der Waals surface area contributed by atoms with Crippen LogP contribution in [0, 0.1) is 6.92 Å². The summed E-state index contributed by atoms with van der Waals surface area (Å²) >= 11 is 0. The number of methoxy groups -OCH3 is 1. The van der Waals surface area contributed by atoms with Crippen molar-refractivity contribution < 1.29 is 14.3 Å². The van der Waals surface area contributed by atoms with Gasteiger partial charge in [0.25, 0.3) is 0 Å². The molecule has 1 fully saturated rings.